The van der Waals surface area contributed by atoms with Crippen molar-refractivity contribution in [2.24, 2.45) is 0 Å². The molecule has 6 aromatic rings. The maximum Gasteiger partial charge on any atom is 0.119 e. The maximum atomic E-state index is 5.49. The molecular formula is C91H110N4O4. The summed E-state index contributed by atoms with van der Waals surface area (Å²) in [4.78, 5) is 6.93. The van der Waals surface area contributed by atoms with E-state index in [2.05, 4.69) is 277 Å². The summed E-state index contributed by atoms with van der Waals surface area (Å²) in [6.07, 6.45) is 53.4. The SMILES string of the molecule is C#CC.C=C.C=C/C=C(\C=C/CN(c1ccc(OC)cc1)c1ccc(-c2ccc(N(C)c3ccc(C4(c5ccc(N(C\C=C/C(=C\C)C(/C=C)=C/C=C/NC(/C=C\COC)=C/CC)/C(C)=C/C=C\C)cc5)CCCCC4)cc3)cc2)cc1)OC.C=C/C=C\C=C.COc1ccc(C)cc1. The molecule has 518 valence electrons. The number of aryl methyl sites for hydroxylation is 1. The van der Waals surface area contributed by atoms with E-state index in [-0.39, 0.29) is 5.41 Å². The highest BCUT2D eigenvalue weighted by Gasteiger charge is 2.36. The quantitative estimate of drug-likeness (QED) is 0.0200. The fraction of sp³-hybridized carbons (Fsp3) is 0.231. The maximum absolute atomic E-state index is 5.49. The fourth-order valence-corrected chi connectivity index (χ4v) is 10.9. The fourth-order valence-electron chi connectivity index (χ4n) is 10.9. The van der Waals surface area contributed by atoms with Crippen molar-refractivity contribution in [3.05, 3.63) is 358 Å². The normalized spacial score (nSPS) is 13.2. The van der Waals surface area contributed by atoms with Gasteiger partial charge in [-0.1, -0.05) is 210 Å². The molecule has 0 bridgehead atoms. The van der Waals surface area contributed by atoms with E-state index in [0.29, 0.717) is 19.7 Å². The lowest BCUT2D eigenvalue weighted by Gasteiger charge is -2.39. The Morgan fingerprint density at radius 2 is 1.09 bits per heavy atom. The summed E-state index contributed by atoms with van der Waals surface area (Å²) >= 11 is 0. The van der Waals surface area contributed by atoms with Crippen LogP contribution in [0.3, 0.4) is 0 Å². The summed E-state index contributed by atoms with van der Waals surface area (Å²) in [7, 11) is 8.88. The largest absolute Gasteiger partial charge is 0.497 e. The highest BCUT2D eigenvalue weighted by Crippen LogP contribution is 2.46. The second-order valence-corrected chi connectivity index (χ2v) is 22.6. The molecule has 1 saturated carbocycles. The van der Waals surface area contributed by atoms with Gasteiger partial charge in [0.05, 0.1) is 27.9 Å². The molecule has 8 heteroatoms. The lowest BCUT2D eigenvalue weighted by Crippen LogP contribution is -2.30. The van der Waals surface area contributed by atoms with Crippen molar-refractivity contribution in [2.75, 3.05) is 69.9 Å². The molecule has 7 rings (SSSR count). The van der Waals surface area contributed by atoms with E-state index in [1.165, 1.54) is 47.3 Å². The molecule has 99 heavy (non-hydrogen) atoms. The Morgan fingerprint density at radius 1 is 0.586 bits per heavy atom. The first-order valence-corrected chi connectivity index (χ1v) is 33.8. The van der Waals surface area contributed by atoms with Crippen LogP contribution >= 0.6 is 0 Å². The standard InChI is InChI=1S/C72H84N4O3.C8H10O.C6H8.C3H4.C2H4/c1-11-16-26-57(6)75(54-21-28-59(15-5)58(14-4)27-20-53-73-64(24-12-2)29-23-56-77-8)67-45-37-63(38-46-67)72(51-18-17-19-52-72)62-35-43-66(44-36-62)74(7)65-39-31-60(32-40-65)61-33-41-68(42-34-61)76(55-22-30-70(78-9)25-13-3)69-47-49-71(79-10)50-48-69;1-7-3-5-8(9-2)6-4-7;1-3-5-6-4-2;1-3-2;1-2/h11,13-16,20-50,53,73H,3-4,12,17-19,51-52,54-56H2,1-2,5-10H3;3-6H,1-2H3;3-6H,1-2H2;1H,2H3;1-2H2/b16-11-,28-21-,29-23-,30-22-,53-20+,57-26+,58-27+,59-15+,64-24+,70-25+;;6-5-;;. The van der Waals surface area contributed by atoms with Crippen molar-refractivity contribution < 1.29 is 18.9 Å². The lowest BCUT2D eigenvalue weighted by molar-refractivity contribution is 0.234. The van der Waals surface area contributed by atoms with Gasteiger partial charge in [-0.25, -0.2) is 0 Å². The number of hydrogen-bond acceptors (Lipinski definition) is 8. The summed E-state index contributed by atoms with van der Waals surface area (Å²) in [6, 6.07) is 52.5. The zero-order valence-corrected chi connectivity index (χ0v) is 61.1. The van der Waals surface area contributed by atoms with Crippen LogP contribution in [0, 0.1) is 19.3 Å². The molecule has 1 N–H and O–H groups in total. The number of anilines is 5. The van der Waals surface area contributed by atoms with E-state index in [4.69, 9.17) is 18.9 Å². The first-order valence-electron chi connectivity index (χ1n) is 33.8. The smallest absolute Gasteiger partial charge is 0.119 e. The summed E-state index contributed by atoms with van der Waals surface area (Å²) in [5.74, 6) is 4.74. The van der Waals surface area contributed by atoms with Gasteiger partial charge in [0.1, 0.15) is 17.3 Å². The molecule has 0 saturated heterocycles. The van der Waals surface area contributed by atoms with Gasteiger partial charge in [0.25, 0.3) is 0 Å². The predicted molar refractivity (Wildman–Crippen MR) is 433 cm³/mol. The number of nitrogens with zero attached hydrogens (tertiary/aromatic N) is 3. The Hall–Kier alpha value is -10.7. The first-order chi connectivity index (χ1) is 48.3. The number of methoxy groups -OCH3 is 4. The molecule has 1 fully saturated rings. The van der Waals surface area contributed by atoms with Crippen molar-refractivity contribution >= 4 is 28.4 Å². The number of terminal acetylenes is 1. The van der Waals surface area contributed by atoms with Crippen LogP contribution in [-0.4, -0.2) is 55.2 Å². The second kappa shape index (κ2) is 48.9. The molecule has 0 spiro atoms. The van der Waals surface area contributed by atoms with Gasteiger partial charge in [0.2, 0.25) is 0 Å². The van der Waals surface area contributed by atoms with Crippen molar-refractivity contribution in [2.45, 2.75) is 85.5 Å². The van der Waals surface area contributed by atoms with Crippen LogP contribution in [0.2, 0.25) is 0 Å². The van der Waals surface area contributed by atoms with Gasteiger partial charge in [0.15, 0.2) is 0 Å². The average molecular weight is 1320 g/mol. The zero-order valence-electron chi connectivity index (χ0n) is 61.1. The third-order valence-corrected chi connectivity index (χ3v) is 16.1. The third-order valence-electron chi connectivity index (χ3n) is 16.1. The Labute approximate surface area is 597 Å². The lowest BCUT2D eigenvalue weighted by atomic mass is 9.65. The van der Waals surface area contributed by atoms with E-state index in [1.54, 1.807) is 53.6 Å². The minimum absolute atomic E-state index is 0.0445. The number of nitrogens with one attached hydrogen (secondary N) is 1. The summed E-state index contributed by atoms with van der Waals surface area (Å²) in [5.41, 5.74) is 16.3. The van der Waals surface area contributed by atoms with Crippen LogP contribution in [0.4, 0.5) is 28.4 Å². The molecule has 0 radical (unpaired) electrons. The highest BCUT2D eigenvalue weighted by atomic mass is 16.5. The van der Waals surface area contributed by atoms with Gasteiger partial charge >= 0.3 is 0 Å². The number of hydrogen-bond donors (Lipinski definition) is 1. The molecule has 6 aromatic carbocycles. The third kappa shape index (κ3) is 28.1. The van der Waals surface area contributed by atoms with Gasteiger partial charge in [0, 0.05) is 78.7 Å². The first kappa shape index (κ1) is 82.5. The van der Waals surface area contributed by atoms with E-state index in [0.717, 1.165) is 87.2 Å². The van der Waals surface area contributed by atoms with Crippen LogP contribution in [0.1, 0.15) is 89.8 Å². The number of rotatable bonds is 31. The van der Waals surface area contributed by atoms with Crippen LogP contribution in [0.15, 0.2) is 341 Å². The van der Waals surface area contributed by atoms with Crippen molar-refractivity contribution in [1.82, 2.24) is 5.32 Å². The second-order valence-electron chi connectivity index (χ2n) is 22.6. The minimum atomic E-state index is -0.0445. The van der Waals surface area contributed by atoms with Gasteiger partial charge in [-0.05, 0) is 203 Å². The van der Waals surface area contributed by atoms with E-state index in [1.807, 2.05) is 91.2 Å². The zero-order chi connectivity index (χ0) is 72.5. The topological polar surface area (TPSA) is 58.7 Å². The number of allylic oxidation sites excluding steroid dienone is 20. The van der Waals surface area contributed by atoms with E-state index < -0.39 is 0 Å². The van der Waals surface area contributed by atoms with Crippen molar-refractivity contribution in [1.29, 1.82) is 0 Å². The Morgan fingerprint density at radius 3 is 1.57 bits per heavy atom. The number of ether oxygens (including phenoxy) is 4. The molecule has 1 aliphatic rings. The van der Waals surface area contributed by atoms with Gasteiger partial charge in [-0.2, -0.15) is 0 Å². The monoisotopic (exact) mass is 1320 g/mol. The molecule has 0 heterocycles. The molecule has 1 aliphatic carbocycles. The Bertz CT molecular complexity index is 3710. The average Bonchev–Trinajstić information content (AvgIpc) is 0.769. The molecule has 0 aromatic heterocycles. The molecule has 0 aliphatic heterocycles. The minimum Gasteiger partial charge on any atom is -0.497 e. The van der Waals surface area contributed by atoms with Crippen molar-refractivity contribution in [3.63, 3.8) is 0 Å². The molecule has 0 unspecified atom stereocenters. The molecule has 0 amide bonds. The highest BCUT2D eigenvalue weighted by molar-refractivity contribution is 5.73. The summed E-state index contributed by atoms with van der Waals surface area (Å²) < 4.78 is 21.1. The summed E-state index contributed by atoms with van der Waals surface area (Å²) in [5, 5.41) is 3.38. The Kier molecular flexibility index (Phi) is 40.7. The summed E-state index contributed by atoms with van der Waals surface area (Å²) in [6.45, 7) is 35.0. The van der Waals surface area contributed by atoms with Crippen LogP contribution in [0.25, 0.3) is 11.1 Å². The predicted octanol–water partition coefficient (Wildman–Crippen LogP) is 23.7. The van der Waals surface area contributed by atoms with Crippen molar-refractivity contribution in [3.8, 4) is 35.0 Å². The van der Waals surface area contributed by atoms with Crippen LogP contribution < -0.4 is 29.5 Å². The van der Waals surface area contributed by atoms with Crippen LogP contribution in [0.5, 0.6) is 11.5 Å². The van der Waals surface area contributed by atoms with E-state index >= 15 is 0 Å². The van der Waals surface area contributed by atoms with Gasteiger partial charge < -0.3 is 39.0 Å². The molecule has 8 nitrogen and oxygen atoms in total. The number of benzene rings is 6. The molecular weight excluding hydrogens is 1210 g/mol. The van der Waals surface area contributed by atoms with Gasteiger partial charge in [-0.3, -0.25) is 0 Å². The van der Waals surface area contributed by atoms with Crippen LogP contribution in [-0.2, 0) is 14.9 Å². The Balaban J connectivity index is 0.00000111. The molecule has 0 atom stereocenters. The van der Waals surface area contributed by atoms with E-state index in [9.17, 15) is 0 Å². The van der Waals surface area contributed by atoms with Gasteiger partial charge in [-0.15, -0.1) is 25.5 Å².